The molecule has 1 fully saturated rings. The number of rotatable bonds is 20. The van der Waals surface area contributed by atoms with E-state index in [0.29, 0.717) is 19.6 Å². The summed E-state index contributed by atoms with van der Waals surface area (Å²) in [7, 11) is 0. The Balaban J connectivity index is 0. The van der Waals surface area contributed by atoms with Crippen molar-refractivity contribution in [2.45, 2.75) is 52.4 Å². The zero-order valence-corrected chi connectivity index (χ0v) is 26.7. The van der Waals surface area contributed by atoms with E-state index in [9.17, 15) is 19.2 Å². The van der Waals surface area contributed by atoms with Gasteiger partial charge in [0.15, 0.2) is 0 Å². The first-order chi connectivity index (χ1) is 22.1. The van der Waals surface area contributed by atoms with Gasteiger partial charge in [0.25, 0.3) is 0 Å². The monoisotopic (exact) mass is 676 g/mol. The van der Waals surface area contributed by atoms with Crippen LogP contribution < -0.4 is 0 Å². The Bertz CT molecular complexity index is 698. The highest BCUT2D eigenvalue weighted by molar-refractivity contribution is 5.61. The minimum atomic E-state index is -1.10. The molecule has 1 rings (SSSR count). The van der Waals surface area contributed by atoms with Crippen LogP contribution in [0.4, 0.5) is 19.2 Å². The average molecular weight is 677 g/mol. The lowest BCUT2D eigenvalue weighted by Crippen LogP contribution is -2.39. The van der Waals surface area contributed by atoms with Crippen molar-refractivity contribution >= 4 is 24.6 Å². The second kappa shape index (κ2) is 29.3. The average Bonchev–Trinajstić information content (AvgIpc) is 3.07. The van der Waals surface area contributed by atoms with Crippen molar-refractivity contribution in [3.63, 3.8) is 0 Å². The van der Waals surface area contributed by atoms with Crippen molar-refractivity contribution in [1.82, 2.24) is 0 Å². The largest absolute Gasteiger partial charge is 0.508 e. The topological polar surface area (TPSA) is 263 Å². The second-order valence-corrected chi connectivity index (χ2v) is 9.87. The van der Waals surface area contributed by atoms with Crippen LogP contribution in [0.25, 0.3) is 0 Å². The van der Waals surface area contributed by atoms with Crippen LogP contribution in [-0.4, -0.2) is 148 Å². The van der Waals surface area contributed by atoms with Gasteiger partial charge in [0.1, 0.15) is 19.8 Å². The molecule has 1 heterocycles. The summed E-state index contributed by atoms with van der Waals surface area (Å²) in [5.74, 6) is 0. The number of hydrogen-bond donors (Lipinski definition) is 6. The molecule has 0 aliphatic carbocycles. The van der Waals surface area contributed by atoms with Crippen LogP contribution in [0, 0.1) is 10.8 Å². The molecule has 0 saturated carbocycles. The number of cyclic esters (lactones) is 2. The number of aliphatic hydroxyl groups excluding tert-OH is 6. The Kier molecular flexibility index (Phi) is 28.6. The molecule has 6 N–H and O–H groups in total. The molecule has 46 heavy (non-hydrogen) atoms. The molecule has 272 valence electrons. The van der Waals surface area contributed by atoms with Crippen LogP contribution in [0.15, 0.2) is 0 Å². The highest BCUT2D eigenvalue weighted by Crippen LogP contribution is 2.25. The normalized spacial score (nSPS) is 12.5. The summed E-state index contributed by atoms with van der Waals surface area (Å²) in [5, 5.41) is 52.1. The molecular weight excluding hydrogens is 624 g/mol. The van der Waals surface area contributed by atoms with E-state index in [1.165, 1.54) is 0 Å². The van der Waals surface area contributed by atoms with E-state index in [1.807, 2.05) is 6.92 Å². The third-order valence-electron chi connectivity index (χ3n) is 6.29. The van der Waals surface area contributed by atoms with Gasteiger partial charge in [-0.05, 0) is 12.8 Å². The van der Waals surface area contributed by atoms with Crippen LogP contribution >= 0.6 is 0 Å². The molecule has 0 radical (unpaired) electrons. The van der Waals surface area contributed by atoms with Gasteiger partial charge in [-0.2, -0.15) is 0 Å². The second-order valence-electron chi connectivity index (χ2n) is 9.87. The van der Waals surface area contributed by atoms with Crippen molar-refractivity contribution in [2.24, 2.45) is 10.8 Å². The molecule has 0 spiro atoms. The number of ether oxygens (including phenoxy) is 8. The van der Waals surface area contributed by atoms with Crippen LogP contribution in [0.1, 0.15) is 52.4 Å². The van der Waals surface area contributed by atoms with Gasteiger partial charge in [-0.3, -0.25) is 0 Å². The van der Waals surface area contributed by atoms with Crippen molar-refractivity contribution in [3.8, 4) is 0 Å². The van der Waals surface area contributed by atoms with Crippen LogP contribution in [0.5, 0.6) is 0 Å². The summed E-state index contributed by atoms with van der Waals surface area (Å²) in [4.78, 5) is 45.0. The first kappa shape index (κ1) is 45.0. The minimum Gasteiger partial charge on any atom is -0.434 e. The molecular formula is C28H52O18. The summed E-state index contributed by atoms with van der Waals surface area (Å²) < 4.78 is 38.2. The Morgan fingerprint density at radius 1 is 0.587 bits per heavy atom. The molecule has 0 unspecified atom stereocenters. The van der Waals surface area contributed by atoms with Crippen molar-refractivity contribution in [1.29, 1.82) is 0 Å². The first-order valence-electron chi connectivity index (χ1n) is 14.9. The third-order valence-corrected chi connectivity index (χ3v) is 6.29. The van der Waals surface area contributed by atoms with Gasteiger partial charge < -0.3 is 68.5 Å². The lowest BCUT2D eigenvalue weighted by Gasteiger charge is -2.30. The van der Waals surface area contributed by atoms with Crippen LogP contribution in [0.3, 0.4) is 0 Å². The fourth-order valence-corrected chi connectivity index (χ4v) is 2.75. The maximum atomic E-state index is 11.7. The predicted molar refractivity (Wildman–Crippen MR) is 156 cm³/mol. The highest BCUT2D eigenvalue weighted by Gasteiger charge is 2.35. The Morgan fingerprint density at radius 3 is 1.11 bits per heavy atom. The maximum Gasteiger partial charge on any atom is 0.508 e. The lowest BCUT2D eigenvalue weighted by molar-refractivity contribution is -0.0562. The van der Waals surface area contributed by atoms with E-state index in [-0.39, 0.29) is 105 Å². The third kappa shape index (κ3) is 23.2. The lowest BCUT2D eigenvalue weighted by atomic mass is 9.88. The van der Waals surface area contributed by atoms with E-state index in [0.717, 1.165) is 6.42 Å². The summed E-state index contributed by atoms with van der Waals surface area (Å²) in [6, 6.07) is 0. The molecule has 0 bridgehead atoms. The highest BCUT2D eigenvalue weighted by atomic mass is 16.7. The minimum absolute atomic E-state index is 0.0319. The van der Waals surface area contributed by atoms with Crippen molar-refractivity contribution in [2.75, 3.05) is 92.5 Å². The molecule has 0 aromatic carbocycles. The van der Waals surface area contributed by atoms with Gasteiger partial charge in [0.05, 0.1) is 58.3 Å². The van der Waals surface area contributed by atoms with Gasteiger partial charge in [-0.25, -0.2) is 19.2 Å². The van der Waals surface area contributed by atoms with E-state index in [1.54, 1.807) is 6.92 Å². The molecule has 0 aromatic rings. The Morgan fingerprint density at radius 2 is 0.913 bits per heavy atom. The fourth-order valence-electron chi connectivity index (χ4n) is 2.75. The quantitative estimate of drug-likeness (QED) is 0.0594. The van der Waals surface area contributed by atoms with E-state index in [2.05, 4.69) is 9.47 Å². The molecule has 1 aliphatic rings. The number of carbonyl (C=O) groups excluding carboxylic acids is 4. The molecule has 18 nitrogen and oxygen atoms in total. The van der Waals surface area contributed by atoms with Gasteiger partial charge in [0, 0.05) is 50.9 Å². The molecule has 0 aromatic heterocycles. The Labute approximate surface area is 268 Å². The number of carbonyl (C=O) groups is 4. The number of aliphatic hydroxyl groups is 6. The summed E-state index contributed by atoms with van der Waals surface area (Å²) in [5.41, 5.74) is -1.76. The van der Waals surface area contributed by atoms with Gasteiger partial charge >= 0.3 is 24.6 Å². The number of hydrogen-bond acceptors (Lipinski definition) is 18. The van der Waals surface area contributed by atoms with Crippen molar-refractivity contribution in [3.05, 3.63) is 0 Å². The Hall–Kier alpha value is -3.16. The van der Waals surface area contributed by atoms with E-state index < -0.39 is 35.5 Å². The fraction of sp³-hybridized carbons (Fsp3) is 0.857. The summed E-state index contributed by atoms with van der Waals surface area (Å²) in [6.45, 7) is 2.66. The van der Waals surface area contributed by atoms with Crippen LogP contribution in [-0.2, 0) is 37.9 Å². The zero-order chi connectivity index (χ0) is 35.1. The molecule has 1 aliphatic heterocycles. The molecule has 18 heteroatoms. The van der Waals surface area contributed by atoms with Gasteiger partial charge in [-0.15, -0.1) is 0 Å². The van der Waals surface area contributed by atoms with E-state index in [4.69, 9.17) is 59.1 Å². The van der Waals surface area contributed by atoms with Gasteiger partial charge in [0.2, 0.25) is 0 Å². The van der Waals surface area contributed by atoms with Crippen LogP contribution in [0.2, 0.25) is 0 Å². The standard InChI is InChI=1S/C18H32O12.C6H14O3.C4H6O3/c1-2-18(12-28-15(22)25-9-3-6-19,13-29-16(23)26-10-4-7-20)14-30-17(24)27-11-5-8-21;1-2-6(3-7,4-8)5-9;5-4-6-2-1-3-7-4/h19-21H,2-14H2,1H3;7-9H,2-5H2,1H3;1-3H2. The smallest absolute Gasteiger partial charge is 0.434 e. The zero-order valence-electron chi connectivity index (χ0n) is 26.7. The summed E-state index contributed by atoms with van der Waals surface area (Å²) in [6.07, 6.45) is -1.05. The molecule has 0 atom stereocenters. The van der Waals surface area contributed by atoms with E-state index >= 15 is 0 Å². The van der Waals surface area contributed by atoms with Crippen molar-refractivity contribution < 1.29 is 87.7 Å². The maximum absolute atomic E-state index is 11.7. The predicted octanol–water partition coefficient (Wildman–Crippen LogP) is 0.893. The molecule has 0 amide bonds. The van der Waals surface area contributed by atoms with Gasteiger partial charge in [-0.1, -0.05) is 13.8 Å². The summed E-state index contributed by atoms with van der Waals surface area (Å²) >= 11 is 0. The SMILES string of the molecule is CCC(CO)(CO)CO.CCC(COC(=O)OCCCO)(COC(=O)OCCCO)COC(=O)OCCCO.O=C1OCCCO1. The first-order valence-corrected chi connectivity index (χ1v) is 14.9. The molecule has 1 saturated heterocycles.